The Morgan fingerprint density at radius 3 is 2.64 bits per heavy atom. The van der Waals surface area contributed by atoms with Crippen LogP contribution >= 0.6 is 23.2 Å². The molecule has 1 N–H and O–H groups in total. The van der Waals surface area contributed by atoms with E-state index in [-0.39, 0.29) is 0 Å². The smallest absolute Gasteiger partial charge is 0.340 e. The summed E-state index contributed by atoms with van der Waals surface area (Å²) in [7, 11) is 0. The van der Waals surface area contributed by atoms with Crippen LogP contribution in [0.15, 0.2) is 24.3 Å². The predicted molar refractivity (Wildman–Crippen MR) is 97.6 cm³/mol. The molecule has 1 heterocycles. The van der Waals surface area contributed by atoms with Gasteiger partial charge >= 0.3 is 5.97 Å². The fraction of sp³-hybridized carbons (Fsp3) is 0.333. The molecule has 1 amide bonds. The molecule has 1 aromatic carbocycles. The molecule has 0 saturated heterocycles. The summed E-state index contributed by atoms with van der Waals surface area (Å²) < 4.78 is 7.30. The average Bonchev–Trinajstić information content (AvgIpc) is 3.34. The van der Waals surface area contributed by atoms with Gasteiger partial charge < -0.3 is 14.6 Å². The minimum Gasteiger partial charge on any atom is -0.452 e. The Morgan fingerprint density at radius 2 is 1.96 bits per heavy atom. The summed E-state index contributed by atoms with van der Waals surface area (Å²) in [6, 6.07) is 7.03. The standard InChI is InChI=1S/C18H18Cl2N2O3/c1-10-7-14(11(2)22(10)13-4-5-13)18(24)25-9-17(23)21-16-8-12(19)3-6-15(16)20/h3,6-8,13H,4-5,9H2,1-2H3,(H,21,23). The predicted octanol–water partition coefficient (Wildman–Crippen LogP) is 4.54. The first kappa shape index (κ1) is 17.8. The summed E-state index contributed by atoms with van der Waals surface area (Å²) in [5.41, 5.74) is 2.78. The molecular formula is C18H18Cl2N2O3. The number of esters is 1. The number of hydrogen-bond acceptors (Lipinski definition) is 3. The molecule has 1 fully saturated rings. The van der Waals surface area contributed by atoms with Crippen LogP contribution in [0.2, 0.25) is 10.0 Å². The summed E-state index contributed by atoms with van der Waals surface area (Å²) in [5, 5.41) is 3.39. The molecule has 0 radical (unpaired) electrons. The van der Waals surface area contributed by atoms with Crippen LogP contribution in [0.4, 0.5) is 5.69 Å². The third-order valence-electron chi connectivity index (χ3n) is 4.15. The van der Waals surface area contributed by atoms with E-state index in [4.69, 9.17) is 27.9 Å². The van der Waals surface area contributed by atoms with Crippen molar-refractivity contribution in [2.45, 2.75) is 32.7 Å². The zero-order valence-corrected chi connectivity index (χ0v) is 15.4. The molecule has 0 atom stereocenters. The van der Waals surface area contributed by atoms with Crippen molar-refractivity contribution in [1.82, 2.24) is 4.57 Å². The Hall–Kier alpha value is -1.98. The Bertz CT molecular complexity index is 841. The Labute approximate surface area is 155 Å². The molecule has 0 unspecified atom stereocenters. The topological polar surface area (TPSA) is 60.3 Å². The Balaban J connectivity index is 1.61. The maximum Gasteiger partial charge on any atom is 0.340 e. The number of amides is 1. The van der Waals surface area contributed by atoms with E-state index in [1.165, 1.54) is 6.07 Å². The third kappa shape index (κ3) is 3.99. The Morgan fingerprint density at radius 1 is 1.24 bits per heavy atom. The molecule has 1 aliphatic rings. The van der Waals surface area contributed by atoms with Gasteiger partial charge in [-0.1, -0.05) is 23.2 Å². The van der Waals surface area contributed by atoms with Crippen molar-refractivity contribution in [1.29, 1.82) is 0 Å². The second kappa shape index (κ2) is 7.10. The molecular weight excluding hydrogens is 363 g/mol. The lowest BCUT2D eigenvalue weighted by Gasteiger charge is -2.09. The van der Waals surface area contributed by atoms with Crippen molar-refractivity contribution in [3.63, 3.8) is 0 Å². The quantitative estimate of drug-likeness (QED) is 0.774. The van der Waals surface area contributed by atoms with Gasteiger partial charge in [0, 0.05) is 22.5 Å². The van der Waals surface area contributed by atoms with Gasteiger partial charge in [0.25, 0.3) is 5.91 Å². The fourth-order valence-electron chi connectivity index (χ4n) is 2.87. The molecule has 1 aromatic heterocycles. The average molecular weight is 381 g/mol. The maximum atomic E-state index is 12.3. The van der Waals surface area contributed by atoms with E-state index < -0.39 is 18.5 Å². The molecule has 132 valence electrons. The van der Waals surface area contributed by atoms with Crippen molar-refractivity contribution in [2.75, 3.05) is 11.9 Å². The van der Waals surface area contributed by atoms with Gasteiger partial charge in [0.15, 0.2) is 6.61 Å². The van der Waals surface area contributed by atoms with Crippen LogP contribution in [0.3, 0.4) is 0 Å². The van der Waals surface area contributed by atoms with Gasteiger partial charge in [0.05, 0.1) is 16.3 Å². The number of carbonyl (C=O) groups excluding carboxylic acids is 2. The lowest BCUT2D eigenvalue weighted by molar-refractivity contribution is -0.119. The first-order valence-corrected chi connectivity index (χ1v) is 8.73. The van der Waals surface area contributed by atoms with Crippen LogP contribution in [-0.4, -0.2) is 23.1 Å². The zero-order valence-electron chi connectivity index (χ0n) is 13.9. The number of carbonyl (C=O) groups is 2. The highest BCUT2D eigenvalue weighted by Gasteiger charge is 2.28. The number of hydrogen-bond donors (Lipinski definition) is 1. The minimum atomic E-state index is -0.507. The number of aryl methyl sites for hydroxylation is 1. The molecule has 0 spiro atoms. The number of rotatable bonds is 5. The van der Waals surface area contributed by atoms with Crippen molar-refractivity contribution in [3.8, 4) is 0 Å². The highest BCUT2D eigenvalue weighted by Crippen LogP contribution is 2.38. The number of halogens is 2. The van der Waals surface area contributed by atoms with Crippen molar-refractivity contribution in [3.05, 3.63) is 51.3 Å². The van der Waals surface area contributed by atoms with E-state index in [1.54, 1.807) is 12.1 Å². The largest absolute Gasteiger partial charge is 0.452 e. The van der Waals surface area contributed by atoms with E-state index >= 15 is 0 Å². The second-order valence-electron chi connectivity index (χ2n) is 6.13. The molecule has 1 aliphatic carbocycles. The fourth-order valence-corrected chi connectivity index (χ4v) is 3.20. The summed E-state index contributed by atoms with van der Waals surface area (Å²) in [4.78, 5) is 24.3. The van der Waals surface area contributed by atoms with Gasteiger partial charge in [-0.2, -0.15) is 0 Å². The van der Waals surface area contributed by atoms with Crippen LogP contribution in [0.1, 0.15) is 40.6 Å². The number of ether oxygens (including phenoxy) is 1. The van der Waals surface area contributed by atoms with Crippen molar-refractivity contribution >= 4 is 40.8 Å². The molecule has 1 saturated carbocycles. The highest BCUT2D eigenvalue weighted by molar-refractivity contribution is 6.35. The molecule has 7 heteroatoms. The molecule has 3 rings (SSSR count). The zero-order chi connectivity index (χ0) is 18.1. The minimum absolute atomic E-state index is 0.358. The van der Waals surface area contributed by atoms with Crippen LogP contribution in [0, 0.1) is 13.8 Å². The van der Waals surface area contributed by atoms with Crippen LogP contribution in [0.25, 0.3) is 0 Å². The summed E-state index contributed by atoms with van der Waals surface area (Å²) in [6.45, 7) is 3.47. The molecule has 2 aromatic rings. The Kier molecular flexibility index (Phi) is 5.06. The molecule has 5 nitrogen and oxygen atoms in total. The summed E-state index contributed by atoms with van der Waals surface area (Å²) in [5.74, 6) is -0.985. The van der Waals surface area contributed by atoms with E-state index in [0.717, 1.165) is 24.2 Å². The molecule has 0 aliphatic heterocycles. The van der Waals surface area contributed by atoms with Crippen LogP contribution < -0.4 is 5.32 Å². The SMILES string of the molecule is Cc1cc(C(=O)OCC(=O)Nc2cc(Cl)ccc2Cl)c(C)n1C1CC1. The van der Waals surface area contributed by atoms with E-state index in [0.29, 0.717) is 27.3 Å². The normalized spacial score (nSPS) is 13.6. The van der Waals surface area contributed by atoms with E-state index in [1.807, 2.05) is 19.9 Å². The summed E-state index contributed by atoms with van der Waals surface area (Å²) >= 11 is 11.9. The highest BCUT2D eigenvalue weighted by atomic mass is 35.5. The van der Waals surface area contributed by atoms with E-state index in [9.17, 15) is 9.59 Å². The van der Waals surface area contributed by atoms with Crippen molar-refractivity contribution < 1.29 is 14.3 Å². The van der Waals surface area contributed by atoms with Gasteiger partial charge in [0.2, 0.25) is 0 Å². The van der Waals surface area contributed by atoms with Gasteiger partial charge in [-0.25, -0.2) is 4.79 Å². The first-order chi connectivity index (χ1) is 11.9. The first-order valence-electron chi connectivity index (χ1n) is 7.97. The lowest BCUT2D eigenvalue weighted by atomic mass is 10.2. The second-order valence-corrected chi connectivity index (χ2v) is 6.98. The number of benzene rings is 1. The van der Waals surface area contributed by atoms with Crippen LogP contribution in [-0.2, 0) is 9.53 Å². The number of nitrogens with one attached hydrogen (secondary N) is 1. The lowest BCUT2D eigenvalue weighted by Crippen LogP contribution is -2.21. The van der Waals surface area contributed by atoms with Gasteiger partial charge in [-0.15, -0.1) is 0 Å². The third-order valence-corrected chi connectivity index (χ3v) is 4.72. The number of aromatic nitrogens is 1. The van der Waals surface area contributed by atoms with Crippen molar-refractivity contribution in [2.24, 2.45) is 0 Å². The van der Waals surface area contributed by atoms with Gasteiger partial charge in [-0.3, -0.25) is 4.79 Å². The molecule has 25 heavy (non-hydrogen) atoms. The van der Waals surface area contributed by atoms with Gasteiger partial charge in [0.1, 0.15) is 0 Å². The number of anilines is 1. The molecule has 0 bridgehead atoms. The van der Waals surface area contributed by atoms with E-state index in [2.05, 4.69) is 9.88 Å². The van der Waals surface area contributed by atoms with Gasteiger partial charge in [-0.05, 0) is 51.0 Å². The summed E-state index contributed by atoms with van der Waals surface area (Å²) in [6.07, 6.45) is 2.27. The number of nitrogens with zero attached hydrogens (tertiary/aromatic N) is 1. The maximum absolute atomic E-state index is 12.3. The monoisotopic (exact) mass is 380 g/mol. The van der Waals surface area contributed by atoms with Crippen LogP contribution in [0.5, 0.6) is 0 Å².